The number of nitrogens with one attached hydrogen (secondary N) is 2. The number of hydrogen-bond acceptors (Lipinski definition) is 3. The van der Waals surface area contributed by atoms with Gasteiger partial charge in [0, 0.05) is 25.7 Å². The summed E-state index contributed by atoms with van der Waals surface area (Å²) >= 11 is 0. The van der Waals surface area contributed by atoms with Gasteiger partial charge >= 0.3 is 6.03 Å². The first kappa shape index (κ1) is 17.2. The van der Waals surface area contributed by atoms with E-state index in [2.05, 4.69) is 22.5 Å². The molecule has 5 nitrogen and oxygen atoms in total. The van der Waals surface area contributed by atoms with Crippen LogP contribution in [0, 0.1) is 11.8 Å². The molecule has 1 saturated heterocycles. The average molecular weight is 285 g/mol. The van der Waals surface area contributed by atoms with E-state index < -0.39 is 6.10 Å². The lowest BCUT2D eigenvalue weighted by Gasteiger charge is -2.32. The number of amides is 2. The Labute approximate surface area is 123 Å². The number of carbonyl (C=O) groups excluding carboxylic acids is 1. The van der Waals surface area contributed by atoms with Gasteiger partial charge < -0.3 is 20.6 Å². The molecule has 3 unspecified atom stereocenters. The van der Waals surface area contributed by atoms with E-state index in [1.165, 1.54) is 12.8 Å². The Morgan fingerprint density at radius 1 is 1.40 bits per heavy atom. The Kier molecular flexibility index (Phi) is 7.30. The molecule has 0 saturated carbocycles. The zero-order valence-electron chi connectivity index (χ0n) is 13.4. The third-order valence-corrected chi connectivity index (χ3v) is 3.89. The molecule has 3 N–H and O–H groups in total. The van der Waals surface area contributed by atoms with E-state index in [4.69, 9.17) is 0 Å². The predicted octanol–water partition coefficient (Wildman–Crippen LogP) is 1.42. The molecule has 0 bridgehead atoms. The Hall–Kier alpha value is -0.810. The number of hydrogen-bond donors (Lipinski definition) is 3. The van der Waals surface area contributed by atoms with Crippen LogP contribution in [0.5, 0.6) is 0 Å². The van der Waals surface area contributed by atoms with E-state index in [0.717, 1.165) is 25.6 Å². The summed E-state index contributed by atoms with van der Waals surface area (Å²) in [5, 5.41) is 15.3. The third kappa shape index (κ3) is 6.57. The van der Waals surface area contributed by atoms with Gasteiger partial charge in [-0.25, -0.2) is 4.79 Å². The Morgan fingerprint density at radius 2 is 2.10 bits per heavy atom. The lowest BCUT2D eigenvalue weighted by Crippen LogP contribution is -2.49. The molecule has 0 aliphatic carbocycles. The van der Waals surface area contributed by atoms with Crippen molar-refractivity contribution in [1.29, 1.82) is 0 Å². The molecular weight excluding hydrogens is 254 g/mol. The molecule has 5 heteroatoms. The van der Waals surface area contributed by atoms with Crippen LogP contribution < -0.4 is 10.6 Å². The number of piperidine rings is 1. The molecule has 0 aromatic carbocycles. The van der Waals surface area contributed by atoms with Gasteiger partial charge in [-0.05, 0) is 38.1 Å². The van der Waals surface area contributed by atoms with Gasteiger partial charge in [0.25, 0.3) is 0 Å². The van der Waals surface area contributed by atoms with E-state index in [-0.39, 0.29) is 18.0 Å². The summed E-state index contributed by atoms with van der Waals surface area (Å²) in [5.74, 6) is 0.911. The zero-order valence-corrected chi connectivity index (χ0v) is 13.4. The van der Waals surface area contributed by atoms with E-state index >= 15 is 0 Å². The number of rotatable bonds is 6. The van der Waals surface area contributed by atoms with Crippen LogP contribution in [0.2, 0.25) is 0 Å². The first-order chi connectivity index (χ1) is 9.38. The van der Waals surface area contributed by atoms with E-state index in [9.17, 15) is 9.90 Å². The van der Waals surface area contributed by atoms with Crippen LogP contribution in [0.1, 0.15) is 40.5 Å². The molecule has 1 rings (SSSR count). The van der Waals surface area contributed by atoms with Crippen molar-refractivity contribution in [3.8, 4) is 0 Å². The molecule has 1 aliphatic rings. The fraction of sp³-hybridized carbons (Fsp3) is 0.933. The summed E-state index contributed by atoms with van der Waals surface area (Å²) in [4.78, 5) is 14.2. The van der Waals surface area contributed by atoms with Crippen molar-refractivity contribution in [2.45, 2.75) is 52.7 Å². The predicted molar refractivity (Wildman–Crippen MR) is 81.7 cm³/mol. The van der Waals surface area contributed by atoms with Crippen molar-refractivity contribution in [3.63, 3.8) is 0 Å². The quantitative estimate of drug-likeness (QED) is 0.691. The summed E-state index contributed by atoms with van der Waals surface area (Å²) in [6, 6.07) is -0.0706. The highest BCUT2D eigenvalue weighted by atomic mass is 16.3. The first-order valence-electron chi connectivity index (χ1n) is 7.83. The first-order valence-corrected chi connectivity index (χ1v) is 7.83. The number of carbonyl (C=O) groups is 1. The van der Waals surface area contributed by atoms with Gasteiger partial charge in [-0.3, -0.25) is 0 Å². The van der Waals surface area contributed by atoms with Gasteiger partial charge in [-0.1, -0.05) is 20.8 Å². The smallest absolute Gasteiger partial charge is 0.315 e. The highest BCUT2D eigenvalue weighted by Crippen LogP contribution is 2.15. The van der Waals surface area contributed by atoms with Crippen LogP contribution >= 0.6 is 0 Å². The molecule has 0 spiro atoms. The summed E-state index contributed by atoms with van der Waals surface area (Å²) < 4.78 is 0. The minimum atomic E-state index is -0.487. The van der Waals surface area contributed by atoms with Crippen LogP contribution in [-0.4, -0.2) is 54.4 Å². The van der Waals surface area contributed by atoms with Crippen LogP contribution in [0.3, 0.4) is 0 Å². The highest BCUT2D eigenvalue weighted by molar-refractivity contribution is 5.74. The second-order valence-corrected chi connectivity index (χ2v) is 6.57. The topological polar surface area (TPSA) is 64.6 Å². The molecule has 0 aromatic rings. The van der Waals surface area contributed by atoms with Gasteiger partial charge in [0.15, 0.2) is 0 Å². The summed E-state index contributed by atoms with van der Waals surface area (Å²) in [5.41, 5.74) is 0. The van der Waals surface area contributed by atoms with Crippen LogP contribution in [0.25, 0.3) is 0 Å². The van der Waals surface area contributed by atoms with Crippen molar-refractivity contribution in [2.75, 3.05) is 26.2 Å². The number of likely N-dealkylation sites (tertiary alicyclic amines) is 1. The minimum Gasteiger partial charge on any atom is -0.391 e. The molecule has 3 atom stereocenters. The van der Waals surface area contributed by atoms with Crippen LogP contribution in [-0.2, 0) is 0 Å². The molecule has 1 aliphatic heterocycles. The van der Waals surface area contributed by atoms with Gasteiger partial charge in [-0.2, -0.15) is 0 Å². The van der Waals surface area contributed by atoms with Gasteiger partial charge in [0.1, 0.15) is 0 Å². The van der Waals surface area contributed by atoms with Crippen LogP contribution in [0.4, 0.5) is 4.79 Å². The van der Waals surface area contributed by atoms with Crippen LogP contribution in [0.15, 0.2) is 0 Å². The molecule has 0 radical (unpaired) electrons. The van der Waals surface area contributed by atoms with Gasteiger partial charge in [0.2, 0.25) is 0 Å². The molecule has 1 heterocycles. The maximum Gasteiger partial charge on any atom is 0.315 e. The van der Waals surface area contributed by atoms with Gasteiger partial charge in [0.05, 0.1) is 6.10 Å². The third-order valence-electron chi connectivity index (χ3n) is 3.89. The van der Waals surface area contributed by atoms with Gasteiger partial charge in [-0.15, -0.1) is 0 Å². The fourth-order valence-electron chi connectivity index (χ4n) is 2.59. The largest absolute Gasteiger partial charge is 0.391 e. The molecule has 2 amide bonds. The molecular formula is C15H31N3O2. The Balaban J connectivity index is 2.20. The van der Waals surface area contributed by atoms with E-state index in [1.54, 1.807) is 0 Å². The number of aliphatic hydroxyl groups is 1. The Morgan fingerprint density at radius 3 is 2.70 bits per heavy atom. The summed E-state index contributed by atoms with van der Waals surface area (Å²) in [6.45, 7) is 11.6. The SMILES string of the molecule is CC1CCCN(CC(C)NC(=O)NCC(O)C(C)C)C1. The monoisotopic (exact) mass is 285 g/mol. The van der Waals surface area contributed by atoms with Crippen molar-refractivity contribution >= 4 is 6.03 Å². The van der Waals surface area contributed by atoms with Crippen molar-refractivity contribution in [1.82, 2.24) is 15.5 Å². The maximum absolute atomic E-state index is 11.7. The summed E-state index contributed by atoms with van der Waals surface area (Å²) in [6.07, 6.45) is 2.08. The van der Waals surface area contributed by atoms with Crippen molar-refractivity contribution < 1.29 is 9.90 Å². The lowest BCUT2D eigenvalue weighted by molar-refractivity contribution is 0.124. The van der Waals surface area contributed by atoms with Crippen molar-refractivity contribution in [2.24, 2.45) is 11.8 Å². The normalized spacial score (nSPS) is 23.4. The molecule has 1 fully saturated rings. The van der Waals surface area contributed by atoms with E-state index in [1.807, 2.05) is 20.8 Å². The number of nitrogens with zero attached hydrogens (tertiary/aromatic N) is 1. The molecule has 0 aromatic heterocycles. The number of aliphatic hydroxyl groups excluding tert-OH is 1. The van der Waals surface area contributed by atoms with E-state index in [0.29, 0.717) is 6.54 Å². The molecule has 118 valence electrons. The standard InChI is InChI=1S/C15H31N3O2/c1-11(2)14(19)8-16-15(20)17-13(4)10-18-7-5-6-12(3)9-18/h11-14,19H,5-10H2,1-4H3,(H2,16,17,20). The second kappa shape index (κ2) is 8.47. The lowest BCUT2D eigenvalue weighted by atomic mass is 10.00. The summed E-state index contributed by atoms with van der Waals surface area (Å²) in [7, 11) is 0. The minimum absolute atomic E-state index is 0.122. The van der Waals surface area contributed by atoms with Crippen molar-refractivity contribution in [3.05, 3.63) is 0 Å². The molecule has 20 heavy (non-hydrogen) atoms. The average Bonchev–Trinajstić information content (AvgIpc) is 2.35. The highest BCUT2D eigenvalue weighted by Gasteiger charge is 2.19. The zero-order chi connectivity index (χ0) is 15.1. The maximum atomic E-state index is 11.7. The second-order valence-electron chi connectivity index (χ2n) is 6.57. The fourth-order valence-corrected chi connectivity index (χ4v) is 2.59. The number of urea groups is 1. The Bertz CT molecular complexity index is 297.